The molecule has 3 rings (SSSR count). The fourth-order valence-electron chi connectivity index (χ4n) is 2.79. The summed E-state index contributed by atoms with van der Waals surface area (Å²) >= 11 is 5.79. The predicted molar refractivity (Wildman–Crippen MR) is 78.8 cm³/mol. The number of nitrogen functional groups attached to an aromatic ring is 1. The Labute approximate surface area is 127 Å². The minimum absolute atomic E-state index is 0.0401. The molecule has 0 radical (unpaired) electrons. The fourth-order valence-corrected chi connectivity index (χ4v) is 3.00. The van der Waals surface area contributed by atoms with Crippen LogP contribution in [0.25, 0.3) is 0 Å². The summed E-state index contributed by atoms with van der Waals surface area (Å²) in [4.78, 5) is 12.3. The number of carbonyl (C=O) groups excluding carboxylic acids is 1. The van der Waals surface area contributed by atoms with Crippen molar-refractivity contribution in [3.05, 3.63) is 28.5 Å². The summed E-state index contributed by atoms with van der Waals surface area (Å²) in [6.45, 7) is 0.644. The number of hydrogen-bond acceptors (Lipinski definition) is 3. The Kier molecular flexibility index (Phi) is 4.04. The van der Waals surface area contributed by atoms with Gasteiger partial charge in [-0.3, -0.25) is 4.79 Å². The van der Waals surface area contributed by atoms with E-state index in [-0.39, 0.29) is 34.3 Å². The monoisotopic (exact) mass is 312 g/mol. The van der Waals surface area contributed by atoms with Crippen molar-refractivity contribution in [3.8, 4) is 0 Å². The minimum Gasteiger partial charge on any atom is -0.396 e. The van der Waals surface area contributed by atoms with Crippen molar-refractivity contribution < 1.29 is 13.9 Å². The molecule has 0 bridgehead atoms. The zero-order valence-corrected chi connectivity index (χ0v) is 12.3. The molecule has 1 aromatic carbocycles. The van der Waals surface area contributed by atoms with Crippen molar-refractivity contribution in [1.82, 2.24) is 5.32 Å². The third-order valence-corrected chi connectivity index (χ3v) is 4.36. The summed E-state index contributed by atoms with van der Waals surface area (Å²) in [6, 6.07) is 2.54. The van der Waals surface area contributed by atoms with Crippen LogP contribution in [-0.2, 0) is 4.74 Å². The number of anilines is 1. The van der Waals surface area contributed by atoms with E-state index in [0.717, 1.165) is 18.9 Å². The van der Waals surface area contributed by atoms with Crippen LogP contribution in [0.2, 0.25) is 5.02 Å². The second-order valence-electron chi connectivity index (χ2n) is 5.79. The van der Waals surface area contributed by atoms with Crippen LogP contribution in [0.5, 0.6) is 0 Å². The van der Waals surface area contributed by atoms with Gasteiger partial charge in [0.15, 0.2) is 0 Å². The normalized spacial score (nSPS) is 25.6. The van der Waals surface area contributed by atoms with Gasteiger partial charge in [0, 0.05) is 17.7 Å². The molecule has 2 atom stereocenters. The first-order chi connectivity index (χ1) is 10.0. The predicted octanol–water partition coefficient (Wildman–Crippen LogP) is 2.75. The van der Waals surface area contributed by atoms with Gasteiger partial charge in [0.25, 0.3) is 5.91 Å². The molecule has 2 aliphatic rings. The summed E-state index contributed by atoms with van der Waals surface area (Å²) in [5.41, 5.74) is 5.55. The second-order valence-corrected chi connectivity index (χ2v) is 6.23. The lowest BCUT2D eigenvalue weighted by Crippen LogP contribution is -2.42. The van der Waals surface area contributed by atoms with Gasteiger partial charge in [0.2, 0.25) is 0 Å². The highest BCUT2D eigenvalue weighted by Gasteiger charge is 2.36. The average Bonchev–Trinajstić information content (AvgIpc) is 3.27. The third kappa shape index (κ3) is 3.30. The van der Waals surface area contributed by atoms with Crippen LogP contribution < -0.4 is 11.1 Å². The fraction of sp³-hybridized carbons (Fsp3) is 0.533. The highest BCUT2D eigenvalue weighted by molar-refractivity contribution is 6.31. The number of ether oxygens (including phenoxy) is 1. The molecular formula is C15H18ClFN2O2. The Balaban J connectivity index is 1.68. The molecule has 1 aliphatic heterocycles. The summed E-state index contributed by atoms with van der Waals surface area (Å²) in [5, 5.41) is 3.08. The van der Waals surface area contributed by atoms with Crippen molar-refractivity contribution in [2.75, 3.05) is 12.3 Å². The summed E-state index contributed by atoms with van der Waals surface area (Å²) in [7, 11) is 0. The van der Waals surface area contributed by atoms with Gasteiger partial charge in [-0.25, -0.2) is 4.39 Å². The number of nitrogens with two attached hydrogens (primary N) is 1. The maximum absolute atomic E-state index is 13.5. The molecule has 1 amide bonds. The van der Waals surface area contributed by atoms with Crippen molar-refractivity contribution in [1.29, 1.82) is 0 Å². The lowest BCUT2D eigenvalue weighted by molar-refractivity contribution is -0.0102. The summed E-state index contributed by atoms with van der Waals surface area (Å²) < 4.78 is 19.3. The number of rotatable bonds is 3. The zero-order valence-electron chi connectivity index (χ0n) is 11.6. The second kappa shape index (κ2) is 5.81. The lowest BCUT2D eigenvalue weighted by atomic mass is 9.99. The van der Waals surface area contributed by atoms with Gasteiger partial charge in [0.1, 0.15) is 5.82 Å². The number of nitrogens with one attached hydrogen (secondary N) is 1. The van der Waals surface area contributed by atoms with Gasteiger partial charge in [0.05, 0.1) is 17.4 Å². The van der Waals surface area contributed by atoms with Crippen molar-refractivity contribution >= 4 is 23.2 Å². The van der Waals surface area contributed by atoms with E-state index in [9.17, 15) is 9.18 Å². The molecule has 21 heavy (non-hydrogen) atoms. The van der Waals surface area contributed by atoms with E-state index in [1.807, 2.05) is 0 Å². The lowest BCUT2D eigenvalue weighted by Gasteiger charge is -2.30. The number of halogens is 2. The van der Waals surface area contributed by atoms with Crippen LogP contribution >= 0.6 is 11.6 Å². The van der Waals surface area contributed by atoms with E-state index < -0.39 is 5.82 Å². The Hall–Kier alpha value is -1.33. The SMILES string of the molecule is Nc1c(F)cc(Cl)cc1C(=O)N[C@@H]1CCO[C@@H](C2CC2)C1. The van der Waals surface area contributed by atoms with E-state index in [1.54, 1.807) is 0 Å². The molecule has 1 saturated heterocycles. The van der Waals surface area contributed by atoms with E-state index in [0.29, 0.717) is 12.5 Å². The van der Waals surface area contributed by atoms with E-state index >= 15 is 0 Å². The topological polar surface area (TPSA) is 64.4 Å². The van der Waals surface area contributed by atoms with Gasteiger partial charge < -0.3 is 15.8 Å². The van der Waals surface area contributed by atoms with Gasteiger partial charge in [-0.05, 0) is 43.7 Å². The Morgan fingerprint density at radius 3 is 2.86 bits per heavy atom. The third-order valence-electron chi connectivity index (χ3n) is 4.14. The number of carbonyl (C=O) groups is 1. The van der Waals surface area contributed by atoms with Crippen molar-refractivity contribution in [3.63, 3.8) is 0 Å². The number of amides is 1. The molecular weight excluding hydrogens is 295 g/mol. The van der Waals surface area contributed by atoms with E-state index in [2.05, 4.69) is 5.32 Å². The molecule has 6 heteroatoms. The standard InChI is InChI=1S/C15H18ClFN2O2/c16-9-5-11(14(18)12(17)6-9)15(20)19-10-3-4-21-13(7-10)8-1-2-8/h5-6,8,10,13H,1-4,7,18H2,(H,19,20)/t10-,13-/m1/s1. The number of hydrogen-bond donors (Lipinski definition) is 2. The summed E-state index contributed by atoms with van der Waals surface area (Å²) in [6.07, 6.45) is 4.21. The molecule has 0 unspecified atom stereocenters. The molecule has 3 N–H and O–H groups in total. The van der Waals surface area contributed by atoms with Crippen molar-refractivity contribution in [2.24, 2.45) is 5.92 Å². The zero-order chi connectivity index (χ0) is 15.0. The maximum Gasteiger partial charge on any atom is 0.253 e. The Morgan fingerprint density at radius 1 is 1.38 bits per heavy atom. The van der Waals surface area contributed by atoms with Gasteiger partial charge in [-0.15, -0.1) is 0 Å². The van der Waals surface area contributed by atoms with Crippen LogP contribution in [0.4, 0.5) is 10.1 Å². The quantitative estimate of drug-likeness (QED) is 0.844. The van der Waals surface area contributed by atoms with Crippen LogP contribution in [0.15, 0.2) is 12.1 Å². The van der Waals surface area contributed by atoms with E-state index in [4.69, 9.17) is 22.1 Å². The van der Waals surface area contributed by atoms with Gasteiger partial charge in [-0.1, -0.05) is 11.6 Å². The van der Waals surface area contributed by atoms with Crippen LogP contribution in [0.3, 0.4) is 0 Å². The Morgan fingerprint density at radius 2 is 2.14 bits per heavy atom. The van der Waals surface area contributed by atoms with Gasteiger partial charge in [-0.2, -0.15) is 0 Å². The van der Waals surface area contributed by atoms with Crippen molar-refractivity contribution in [2.45, 2.75) is 37.8 Å². The first-order valence-electron chi connectivity index (χ1n) is 7.21. The molecule has 1 aromatic rings. The molecule has 1 heterocycles. The van der Waals surface area contributed by atoms with Crippen LogP contribution in [0.1, 0.15) is 36.0 Å². The molecule has 4 nitrogen and oxygen atoms in total. The van der Waals surface area contributed by atoms with E-state index in [1.165, 1.54) is 18.9 Å². The molecule has 0 spiro atoms. The molecule has 1 saturated carbocycles. The van der Waals surface area contributed by atoms with Gasteiger partial charge >= 0.3 is 0 Å². The Bertz CT molecular complexity index is 563. The molecule has 1 aliphatic carbocycles. The maximum atomic E-state index is 13.5. The minimum atomic E-state index is -0.671. The first-order valence-corrected chi connectivity index (χ1v) is 7.59. The first kappa shape index (κ1) is 14.6. The number of benzene rings is 1. The van der Waals surface area contributed by atoms with Crippen LogP contribution in [-0.4, -0.2) is 24.7 Å². The molecule has 0 aromatic heterocycles. The molecule has 114 valence electrons. The van der Waals surface area contributed by atoms with Crippen LogP contribution in [0, 0.1) is 11.7 Å². The molecule has 2 fully saturated rings. The highest BCUT2D eigenvalue weighted by Crippen LogP contribution is 2.38. The largest absolute Gasteiger partial charge is 0.396 e. The highest BCUT2D eigenvalue weighted by atomic mass is 35.5. The summed E-state index contributed by atoms with van der Waals surface area (Å²) in [5.74, 6) is -0.413. The average molecular weight is 313 g/mol. The smallest absolute Gasteiger partial charge is 0.253 e.